The van der Waals surface area contributed by atoms with Gasteiger partial charge in [0.15, 0.2) is 0 Å². The van der Waals surface area contributed by atoms with E-state index >= 15 is 0 Å². The molecule has 2 heterocycles. The van der Waals surface area contributed by atoms with Crippen LogP contribution in [-0.4, -0.2) is 43.1 Å². The van der Waals surface area contributed by atoms with Gasteiger partial charge in [0.25, 0.3) is 5.91 Å². The number of hydrogen-bond acceptors (Lipinski definition) is 5. The number of fused-ring (bicyclic) bond motifs is 1. The van der Waals surface area contributed by atoms with Crippen molar-refractivity contribution in [3.8, 4) is 0 Å². The van der Waals surface area contributed by atoms with E-state index in [4.69, 9.17) is 0 Å². The quantitative estimate of drug-likeness (QED) is 0.589. The zero-order valence-electron chi connectivity index (χ0n) is 17.0. The Hall–Kier alpha value is -1.41. The van der Waals surface area contributed by atoms with Crippen molar-refractivity contribution in [2.45, 2.75) is 93.4 Å². The van der Waals surface area contributed by atoms with Gasteiger partial charge in [-0.2, -0.15) is 0 Å². The Morgan fingerprint density at radius 1 is 1.07 bits per heavy atom. The molecule has 0 aromatic rings. The molecule has 2 aliphatic heterocycles. The molecule has 3 fully saturated rings. The summed E-state index contributed by atoms with van der Waals surface area (Å²) in [6, 6.07) is -0.301. The minimum absolute atomic E-state index is 0.150. The van der Waals surface area contributed by atoms with Gasteiger partial charge in [0.1, 0.15) is 5.54 Å². The maximum atomic E-state index is 13.1. The van der Waals surface area contributed by atoms with Crippen molar-refractivity contribution < 1.29 is 18.0 Å². The molecule has 4 aliphatic rings. The number of hydrogen-bond donors (Lipinski definition) is 3. The van der Waals surface area contributed by atoms with Crippen LogP contribution in [-0.2, 0) is 19.6 Å². The Bertz CT molecular complexity index is 784. The average molecular weight is 424 g/mol. The van der Waals surface area contributed by atoms with Crippen LogP contribution < -0.4 is 15.4 Å². The molecule has 0 aromatic carbocycles. The first-order valence-corrected chi connectivity index (χ1v) is 12.7. The van der Waals surface area contributed by atoms with E-state index < -0.39 is 26.2 Å². The SMILES string of the molecule is O=C(N[C@]12C[C@H]1C=CCCCCCCCC1(CC1)S(=O)(=O)NC2=O)[C@@H]1CCCN1. The molecule has 4 rings (SSSR count). The molecule has 7 nitrogen and oxygen atoms in total. The van der Waals surface area contributed by atoms with E-state index in [1.807, 2.05) is 6.08 Å². The summed E-state index contributed by atoms with van der Waals surface area (Å²) in [5.41, 5.74) is -1.14. The lowest BCUT2D eigenvalue weighted by atomic mass is 10.1. The molecular formula is C21H33N3O4S. The molecule has 1 saturated heterocycles. The average Bonchev–Trinajstić information content (AvgIpc) is 3.54. The zero-order chi connectivity index (χ0) is 20.5. The van der Waals surface area contributed by atoms with E-state index in [1.165, 1.54) is 0 Å². The monoisotopic (exact) mass is 423 g/mol. The Morgan fingerprint density at radius 3 is 2.55 bits per heavy atom. The molecule has 2 amide bonds. The van der Waals surface area contributed by atoms with Crippen molar-refractivity contribution in [3.05, 3.63) is 12.2 Å². The van der Waals surface area contributed by atoms with E-state index in [2.05, 4.69) is 21.4 Å². The number of amides is 2. The van der Waals surface area contributed by atoms with Crippen LogP contribution in [0, 0.1) is 5.92 Å². The first kappa shape index (κ1) is 20.8. The fourth-order valence-corrected chi connectivity index (χ4v) is 6.51. The number of nitrogens with one attached hydrogen (secondary N) is 3. The highest BCUT2D eigenvalue weighted by Crippen LogP contribution is 2.49. The Labute approximate surface area is 173 Å². The Morgan fingerprint density at radius 2 is 1.83 bits per heavy atom. The highest BCUT2D eigenvalue weighted by molar-refractivity contribution is 7.91. The third-order valence-electron chi connectivity index (χ3n) is 7.12. The van der Waals surface area contributed by atoms with Crippen molar-refractivity contribution in [1.29, 1.82) is 0 Å². The maximum absolute atomic E-state index is 13.1. The second-order valence-electron chi connectivity index (χ2n) is 9.27. The topological polar surface area (TPSA) is 104 Å². The van der Waals surface area contributed by atoms with Crippen LogP contribution in [0.4, 0.5) is 0 Å². The third kappa shape index (κ3) is 4.24. The minimum Gasteiger partial charge on any atom is -0.340 e. The van der Waals surface area contributed by atoms with Crippen LogP contribution in [0.5, 0.6) is 0 Å². The van der Waals surface area contributed by atoms with Gasteiger partial charge < -0.3 is 10.6 Å². The van der Waals surface area contributed by atoms with Gasteiger partial charge in [-0.15, -0.1) is 0 Å². The van der Waals surface area contributed by atoms with Crippen LogP contribution >= 0.6 is 0 Å². The lowest BCUT2D eigenvalue weighted by Gasteiger charge is -2.23. The number of carbonyl (C=O) groups is 2. The summed E-state index contributed by atoms with van der Waals surface area (Å²) in [5, 5.41) is 6.06. The van der Waals surface area contributed by atoms with Crippen LogP contribution in [0.1, 0.15) is 77.0 Å². The fraction of sp³-hybridized carbons (Fsp3) is 0.810. The molecule has 0 unspecified atom stereocenters. The van der Waals surface area contributed by atoms with E-state index in [0.717, 1.165) is 57.9 Å². The molecule has 162 valence electrons. The summed E-state index contributed by atoms with van der Waals surface area (Å²) in [7, 11) is -3.75. The molecule has 0 radical (unpaired) electrons. The van der Waals surface area contributed by atoms with Gasteiger partial charge in [-0.1, -0.05) is 37.8 Å². The van der Waals surface area contributed by atoms with Crippen molar-refractivity contribution in [2.24, 2.45) is 5.92 Å². The lowest BCUT2D eigenvalue weighted by Crippen LogP contribution is -2.56. The van der Waals surface area contributed by atoms with Gasteiger partial charge in [0, 0.05) is 5.92 Å². The minimum atomic E-state index is -3.75. The van der Waals surface area contributed by atoms with E-state index in [9.17, 15) is 18.0 Å². The number of carbonyl (C=O) groups excluding carboxylic acids is 2. The molecule has 1 spiro atoms. The second-order valence-corrected chi connectivity index (χ2v) is 11.3. The van der Waals surface area contributed by atoms with E-state index in [0.29, 0.717) is 25.7 Å². The van der Waals surface area contributed by atoms with Crippen LogP contribution in [0.2, 0.25) is 0 Å². The standard InChI is InChI=1S/C21H33N3O4S/c25-18(17-10-8-14-22-17)23-21-15-16(21)9-6-4-2-1-3-5-7-11-20(12-13-20)29(27,28)24-19(21)26/h6,9,16-17,22H,1-5,7-8,10-15H2,(H,23,25)(H,24,26)/t16-,17+,21-/m1/s1. The number of sulfonamides is 1. The van der Waals surface area contributed by atoms with Gasteiger partial charge in [0.2, 0.25) is 15.9 Å². The van der Waals surface area contributed by atoms with Crippen LogP contribution in [0.25, 0.3) is 0 Å². The summed E-state index contributed by atoms with van der Waals surface area (Å²) in [4.78, 5) is 25.8. The molecule has 0 bridgehead atoms. The van der Waals surface area contributed by atoms with Crippen LogP contribution in [0.3, 0.4) is 0 Å². The molecule has 2 saturated carbocycles. The largest absolute Gasteiger partial charge is 0.340 e. The van der Waals surface area contributed by atoms with Gasteiger partial charge in [-0.25, -0.2) is 8.42 Å². The normalized spacial score (nSPS) is 36.3. The highest BCUT2D eigenvalue weighted by Gasteiger charge is 2.63. The number of rotatable bonds is 2. The summed E-state index contributed by atoms with van der Waals surface area (Å²) < 4.78 is 27.6. The molecule has 3 N–H and O–H groups in total. The van der Waals surface area contributed by atoms with Crippen molar-refractivity contribution in [2.75, 3.05) is 6.54 Å². The summed E-state index contributed by atoms with van der Waals surface area (Å²) >= 11 is 0. The zero-order valence-corrected chi connectivity index (χ0v) is 17.9. The first-order chi connectivity index (χ1) is 13.9. The first-order valence-electron chi connectivity index (χ1n) is 11.2. The molecule has 29 heavy (non-hydrogen) atoms. The van der Waals surface area contributed by atoms with Crippen molar-refractivity contribution >= 4 is 21.8 Å². The van der Waals surface area contributed by atoms with Gasteiger partial charge in [-0.05, 0) is 57.9 Å². The molecule has 3 atom stereocenters. The number of allylic oxidation sites excluding steroid dienone is 1. The van der Waals surface area contributed by atoms with E-state index in [-0.39, 0.29) is 17.9 Å². The van der Waals surface area contributed by atoms with E-state index in [1.54, 1.807) is 0 Å². The predicted molar refractivity (Wildman–Crippen MR) is 110 cm³/mol. The molecular weight excluding hydrogens is 390 g/mol. The molecule has 2 aliphatic carbocycles. The van der Waals surface area contributed by atoms with Gasteiger partial charge in [-0.3, -0.25) is 14.3 Å². The maximum Gasteiger partial charge on any atom is 0.259 e. The second kappa shape index (κ2) is 8.02. The Kier molecular flexibility index (Phi) is 5.77. The summed E-state index contributed by atoms with van der Waals surface area (Å²) in [5.74, 6) is -0.923. The molecule has 8 heteroatoms. The Balaban J connectivity index is 1.53. The lowest BCUT2D eigenvalue weighted by molar-refractivity contribution is -0.130. The van der Waals surface area contributed by atoms with Crippen molar-refractivity contribution in [1.82, 2.24) is 15.4 Å². The van der Waals surface area contributed by atoms with Crippen LogP contribution in [0.15, 0.2) is 12.2 Å². The van der Waals surface area contributed by atoms with Gasteiger partial charge >= 0.3 is 0 Å². The molecule has 0 aromatic heterocycles. The predicted octanol–water partition coefficient (Wildman–Crippen LogP) is 1.89. The smallest absolute Gasteiger partial charge is 0.259 e. The van der Waals surface area contributed by atoms with Gasteiger partial charge in [0.05, 0.1) is 10.8 Å². The summed E-state index contributed by atoms with van der Waals surface area (Å²) in [6.07, 6.45) is 14.3. The third-order valence-corrected chi connectivity index (χ3v) is 9.33. The van der Waals surface area contributed by atoms with Crippen molar-refractivity contribution in [3.63, 3.8) is 0 Å². The fourth-order valence-electron chi connectivity index (χ4n) is 4.81. The summed E-state index contributed by atoms with van der Waals surface area (Å²) in [6.45, 7) is 0.789. The highest BCUT2D eigenvalue weighted by atomic mass is 32.2.